The van der Waals surface area contributed by atoms with Crippen molar-refractivity contribution in [1.82, 2.24) is 15.2 Å². The van der Waals surface area contributed by atoms with Crippen LogP contribution in [-0.2, 0) is 16.1 Å². The highest BCUT2D eigenvalue weighted by Gasteiger charge is 2.40. The van der Waals surface area contributed by atoms with Crippen molar-refractivity contribution in [3.8, 4) is 0 Å². The van der Waals surface area contributed by atoms with Crippen LogP contribution in [0, 0.1) is 5.41 Å². The van der Waals surface area contributed by atoms with E-state index in [2.05, 4.69) is 10.3 Å². The van der Waals surface area contributed by atoms with Crippen LogP contribution in [0.1, 0.15) is 37.7 Å². The molecule has 6 heteroatoms. The Balaban J connectivity index is 1.46. The second-order valence-electron chi connectivity index (χ2n) is 7.67. The molecule has 26 heavy (non-hydrogen) atoms. The van der Waals surface area contributed by atoms with Crippen molar-refractivity contribution >= 4 is 22.7 Å². The van der Waals surface area contributed by atoms with Crippen LogP contribution in [0.3, 0.4) is 0 Å². The van der Waals surface area contributed by atoms with E-state index in [0.29, 0.717) is 25.9 Å². The molecule has 0 radical (unpaired) electrons. The highest BCUT2D eigenvalue weighted by Crippen LogP contribution is 2.39. The van der Waals surface area contributed by atoms with E-state index in [4.69, 9.17) is 0 Å². The Morgan fingerprint density at radius 1 is 1.35 bits per heavy atom. The predicted octanol–water partition coefficient (Wildman–Crippen LogP) is 1.94. The van der Waals surface area contributed by atoms with Gasteiger partial charge in [-0.05, 0) is 30.9 Å². The number of aromatic nitrogens is 1. The number of amides is 2. The van der Waals surface area contributed by atoms with Gasteiger partial charge < -0.3 is 20.3 Å². The van der Waals surface area contributed by atoms with Gasteiger partial charge >= 0.3 is 0 Å². The molecule has 2 amide bonds. The van der Waals surface area contributed by atoms with Crippen molar-refractivity contribution in [1.29, 1.82) is 0 Å². The Hall–Kier alpha value is -2.34. The van der Waals surface area contributed by atoms with Gasteiger partial charge in [0.1, 0.15) is 6.04 Å². The summed E-state index contributed by atoms with van der Waals surface area (Å²) in [4.78, 5) is 30.0. The number of likely N-dealkylation sites (tertiary alicyclic amines) is 1. The first-order valence-corrected chi connectivity index (χ1v) is 9.35. The highest BCUT2D eigenvalue weighted by molar-refractivity contribution is 5.91. The first-order chi connectivity index (χ1) is 12.6. The number of fused-ring (bicyclic) bond motifs is 1. The molecule has 1 saturated carbocycles. The summed E-state index contributed by atoms with van der Waals surface area (Å²) in [5, 5.41) is 13.6. The van der Waals surface area contributed by atoms with Crippen LogP contribution >= 0.6 is 0 Å². The van der Waals surface area contributed by atoms with Crippen LogP contribution < -0.4 is 5.32 Å². The number of carbonyl (C=O) groups excluding carboxylic acids is 2. The normalized spacial score (nSPS) is 21.8. The summed E-state index contributed by atoms with van der Waals surface area (Å²) in [5.41, 5.74) is 1.91. The molecule has 2 heterocycles. The zero-order valence-electron chi connectivity index (χ0n) is 14.8. The lowest BCUT2D eigenvalue weighted by molar-refractivity contribution is -0.136. The number of hydrogen-bond donors (Lipinski definition) is 3. The SMILES string of the molecule is O=C(NCC1(CO)CCC1)C1CCC(=O)N1Cc1c[nH]c2ccccc12. The van der Waals surface area contributed by atoms with E-state index in [1.807, 2.05) is 30.5 Å². The molecule has 1 aliphatic heterocycles. The number of H-pyrrole nitrogens is 1. The lowest BCUT2D eigenvalue weighted by atomic mass is 9.69. The topological polar surface area (TPSA) is 85.4 Å². The zero-order chi connectivity index (χ0) is 18.1. The van der Waals surface area contributed by atoms with E-state index >= 15 is 0 Å². The van der Waals surface area contributed by atoms with Gasteiger partial charge in [-0.25, -0.2) is 0 Å². The van der Waals surface area contributed by atoms with Gasteiger partial charge in [0.2, 0.25) is 11.8 Å². The second kappa shape index (κ2) is 6.76. The number of carbonyl (C=O) groups is 2. The third-order valence-electron chi connectivity index (χ3n) is 6.03. The molecule has 1 aromatic heterocycles. The average molecular weight is 355 g/mol. The van der Waals surface area contributed by atoms with Crippen molar-refractivity contribution in [2.75, 3.05) is 13.2 Å². The fourth-order valence-electron chi connectivity index (χ4n) is 4.11. The highest BCUT2D eigenvalue weighted by atomic mass is 16.3. The van der Waals surface area contributed by atoms with E-state index in [1.54, 1.807) is 4.90 Å². The van der Waals surface area contributed by atoms with Crippen LogP contribution in [-0.4, -0.2) is 46.0 Å². The standard InChI is InChI=1S/C20H25N3O3/c24-13-20(8-3-9-20)12-22-19(26)17-6-7-18(25)23(17)11-14-10-21-16-5-2-1-4-15(14)16/h1-2,4-5,10,17,21,24H,3,6-9,11-13H2,(H,22,26). The Bertz CT molecular complexity index is 819. The number of aromatic amines is 1. The van der Waals surface area contributed by atoms with Crippen LogP contribution in [0.15, 0.2) is 30.5 Å². The molecule has 4 rings (SSSR count). The molecule has 1 saturated heterocycles. The minimum atomic E-state index is -0.424. The molecular formula is C20H25N3O3. The van der Waals surface area contributed by atoms with E-state index in [-0.39, 0.29) is 23.8 Å². The Labute approximate surface area is 152 Å². The molecule has 1 aromatic carbocycles. The van der Waals surface area contributed by atoms with Crippen molar-refractivity contribution in [3.63, 3.8) is 0 Å². The van der Waals surface area contributed by atoms with E-state index in [1.165, 1.54) is 0 Å². The van der Waals surface area contributed by atoms with Gasteiger partial charge in [0, 0.05) is 42.0 Å². The molecule has 1 aliphatic carbocycles. The van der Waals surface area contributed by atoms with Gasteiger partial charge in [-0.3, -0.25) is 9.59 Å². The Morgan fingerprint density at radius 3 is 2.88 bits per heavy atom. The number of hydrogen-bond acceptors (Lipinski definition) is 3. The van der Waals surface area contributed by atoms with Gasteiger partial charge in [0.05, 0.1) is 6.61 Å². The average Bonchev–Trinajstić information content (AvgIpc) is 3.19. The van der Waals surface area contributed by atoms with Crippen LogP contribution in [0.25, 0.3) is 10.9 Å². The number of benzene rings is 1. The summed E-state index contributed by atoms with van der Waals surface area (Å²) in [6.07, 6.45) is 5.88. The lowest BCUT2D eigenvalue weighted by Gasteiger charge is -2.40. The number of nitrogens with zero attached hydrogens (tertiary/aromatic N) is 1. The number of aliphatic hydroxyl groups excluding tert-OH is 1. The molecule has 1 atom stereocenters. The van der Waals surface area contributed by atoms with Crippen LogP contribution in [0.5, 0.6) is 0 Å². The van der Waals surface area contributed by atoms with E-state index in [0.717, 1.165) is 35.7 Å². The maximum absolute atomic E-state index is 12.7. The van der Waals surface area contributed by atoms with E-state index in [9.17, 15) is 14.7 Å². The molecule has 3 N–H and O–H groups in total. The van der Waals surface area contributed by atoms with Crippen LogP contribution in [0.4, 0.5) is 0 Å². The summed E-state index contributed by atoms with van der Waals surface area (Å²) in [6.45, 7) is 1.04. The second-order valence-corrected chi connectivity index (χ2v) is 7.67. The van der Waals surface area contributed by atoms with Crippen molar-refractivity contribution in [2.24, 2.45) is 5.41 Å². The molecule has 6 nitrogen and oxygen atoms in total. The first kappa shape index (κ1) is 17.1. The number of para-hydroxylation sites is 1. The fraction of sp³-hybridized carbons (Fsp3) is 0.500. The fourth-order valence-corrected chi connectivity index (χ4v) is 4.11. The Morgan fingerprint density at radius 2 is 2.15 bits per heavy atom. The molecule has 2 fully saturated rings. The minimum Gasteiger partial charge on any atom is -0.396 e. The smallest absolute Gasteiger partial charge is 0.242 e. The molecule has 2 aliphatic rings. The predicted molar refractivity (Wildman–Crippen MR) is 98.3 cm³/mol. The first-order valence-electron chi connectivity index (χ1n) is 9.35. The summed E-state index contributed by atoms with van der Waals surface area (Å²) < 4.78 is 0. The number of aliphatic hydroxyl groups is 1. The third kappa shape index (κ3) is 2.98. The number of nitrogens with one attached hydrogen (secondary N) is 2. The maximum Gasteiger partial charge on any atom is 0.242 e. The quantitative estimate of drug-likeness (QED) is 0.740. The maximum atomic E-state index is 12.7. The molecule has 0 bridgehead atoms. The van der Waals surface area contributed by atoms with Gasteiger partial charge in [-0.2, -0.15) is 0 Å². The molecule has 138 valence electrons. The zero-order valence-corrected chi connectivity index (χ0v) is 14.8. The lowest BCUT2D eigenvalue weighted by Crippen LogP contribution is -2.50. The van der Waals surface area contributed by atoms with Crippen molar-refractivity contribution in [3.05, 3.63) is 36.0 Å². The van der Waals surface area contributed by atoms with Gasteiger partial charge in [-0.15, -0.1) is 0 Å². The van der Waals surface area contributed by atoms with Gasteiger partial charge in [0.15, 0.2) is 0 Å². The van der Waals surface area contributed by atoms with Gasteiger partial charge in [0.25, 0.3) is 0 Å². The summed E-state index contributed by atoms with van der Waals surface area (Å²) >= 11 is 0. The summed E-state index contributed by atoms with van der Waals surface area (Å²) in [6, 6.07) is 7.55. The summed E-state index contributed by atoms with van der Waals surface area (Å²) in [5.74, 6) is -0.0774. The van der Waals surface area contributed by atoms with Crippen molar-refractivity contribution in [2.45, 2.75) is 44.7 Å². The summed E-state index contributed by atoms with van der Waals surface area (Å²) in [7, 11) is 0. The monoisotopic (exact) mass is 355 g/mol. The Kier molecular flexibility index (Phi) is 4.44. The molecule has 1 unspecified atom stereocenters. The third-order valence-corrected chi connectivity index (χ3v) is 6.03. The van der Waals surface area contributed by atoms with Crippen molar-refractivity contribution < 1.29 is 14.7 Å². The minimum absolute atomic E-state index is 0.0240. The van der Waals surface area contributed by atoms with Gasteiger partial charge in [-0.1, -0.05) is 24.6 Å². The number of rotatable bonds is 6. The largest absolute Gasteiger partial charge is 0.396 e. The molecular weight excluding hydrogens is 330 g/mol. The molecule has 0 spiro atoms. The van der Waals surface area contributed by atoms with Crippen LogP contribution in [0.2, 0.25) is 0 Å². The molecule has 2 aromatic rings. The van der Waals surface area contributed by atoms with E-state index < -0.39 is 6.04 Å².